The van der Waals surface area contributed by atoms with Gasteiger partial charge in [-0.05, 0) is 24.5 Å². The molecule has 0 saturated heterocycles. The van der Waals surface area contributed by atoms with Gasteiger partial charge in [0, 0.05) is 0 Å². The van der Waals surface area contributed by atoms with Gasteiger partial charge < -0.3 is 0 Å². The van der Waals surface area contributed by atoms with Crippen LogP contribution in [0.25, 0.3) is 0 Å². The fourth-order valence-electron chi connectivity index (χ4n) is 2.89. The van der Waals surface area contributed by atoms with E-state index in [4.69, 9.17) is 0 Å². The molecule has 0 fully saturated rings. The van der Waals surface area contributed by atoms with Crippen molar-refractivity contribution in [1.29, 1.82) is 0 Å². The zero-order chi connectivity index (χ0) is 14.2. The zero-order valence-corrected chi connectivity index (χ0v) is 13.6. The van der Waals surface area contributed by atoms with Crippen molar-refractivity contribution < 1.29 is 4.21 Å². The van der Waals surface area contributed by atoms with Crippen molar-refractivity contribution in [3.8, 4) is 0 Å². The van der Waals surface area contributed by atoms with Crippen molar-refractivity contribution in [2.24, 2.45) is 0 Å². The number of rotatable bonds is 11. The summed E-state index contributed by atoms with van der Waals surface area (Å²) < 4.78 is 11.6. The van der Waals surface area contributed by atoms with E-state index in [1.807, 2.05) is 6.07 Å². The van der Waals surface area contributed by atoms with Crippen molar-refractivity contribution in [1.82, 2.24) is 0 Å². The third-order valence-electron chi connectivity index (χ3n) is 4.20. The average molecular weight is 292 g/mol. The van der Waals surface area contributed by atoms with E-state index in [-0.39, 0.29) is 0 Å². The predicted octanol–water partition coefficient (Wildman–Crippen LogP) is 5.63. The molecular weight excluding hydrogens is 264 g/mol. The smallest absolute Gasteiger partial charge is 0.0877 e. The Balaban J connectivity index is 1.46. The van der Waals surface area contributed by atoms with Gasteiger partial charge >= 0.3 is 0 Å². The van der Waals surface area contributed by atoms with Gasteiger partial charge in [-0.25, -0.2) is 4.21 Å². The molecule has 1 aliphatic rings. The van der Waals surface area contributed by atoms with E-state index < -0.39 is 10.8 Å². The second-order valence-electron chi connectivity index (χ2n) is 5.95. The summed E-state index contributed by atoms with van der Waals surface area (Å²) in [5, 5.41) is 0. The van der Waals surface area contributed by atoms with Gasteiger partial charge in [0.05, 0.1) is 20.6 Å². The second kappa shape index (κ2) is 8.61. The zero-order valence-electron chi connectivity index (χ0n) is 12.8. The predicted molar refractivity (Wildman–Crippen MR) is 86.7 cm³/mol. The number of hydrogen-bond acceptors (Lipinski definition) is 1. The van der Waals surface area contributed by atoms with Crippen LogP contribution < -0.4 is 0 Å². The van der Waals surface area contributed by atoms with Crippen LogP contribution in [0.3, 0.4) is 0 Å². The van der Waals surface area contributed by atoms with Gasteiger partial charge in [0.25, 0.3) is 0 Å². The Bertz CT molecular complexity index is 439. The average Bonchev–Trinajstić information content (AvgIpc) is 3.13. The molecule has 1 atom stereocenters. The minimum atomic E-state index is -0.741. The molecule has 1 aliphatic heterocycles. The summed E-state index contributed by atoms with van der Waals surface area (Å²) in [6.07, 6.45) is 14.9. The Labute approximate surface area is 126 Å². The lowest BCUT2D eigenvalue weighted by atomic mass is 10.0. The van der Waals surface area contributed by atoms with E-state index in [1.54, 1.807) is 0 Å². The van der Waals surface area contributed by atoms with E-state index in [1.165, 1.54) is 69.8 Å². The van der Waals surface area contributed by atoms with Gasteiger partial charge in [-0.3, -0.25) is 0 Å². The van der Waals surface area contributed by atoms with Crippen LogP contribution in [0.2, 0.25) is 0 Å². The molecule has 0 aliphatic carbocycles. The minimum absolute atomic E-state index is 0.741. The maximum Gasteiger partial charge on any atom is 0.0877 e. The lowest BCUT2D eigenvalue weighted by Gasteiger charge is -2.02. The summed E-state index contributed by atoms with van der Waals surface area (Å²) in [6, 6.07) is 6.19. The first kappa shape index (κ1) is 15.8. The molecule has 112 valence electrons. The first-order valence-electron chi connectivity index (χ1n) is 8.38. The number of benzene rings is 1. The number of fused-ring (bicyclic) bond motifs is 1. The Morgan fingerprint density at radius 3 is 2.10 bits per heavy atom. The first-order valence-corrected chi connectivity index (χ1v) is 9.53. The van der Waals surface area contributed by atoms with Crippen LogP contribution in [-0.2, 0) is 17.2 Å². The summed E-state index contributed by atoms with van der Waals surface area (Å²) in [5.74, 6) is 0. The maximum absolute atomic E-state index is 11.6. The lowest BCUT2D eigenvalue weighted by molar-refractivity contribution is 0.556. The fourth-order valence-corrected chi connectivity index (χ4v) is 4.09. The molecule has 1 aromatic carbocycles. The summed E-state index contributed by atoms with van der Waals surface area (Å²) in [6.45, 7) is 2.27. The van der Waals surface area contributed by atoms with Gasteiger partial charge in [-0.15, -0.1) is 0 Å². The van der Waals surface area contributed by atoms with E-state index in [0.29, 0.717) is 0 Å². The molecule has 1 nitrogen and oxygen atoms in total. The van der Waals surface area contributed by atoms with Crippen molar-refractivity contribution in [2.45, 2.75) is 87.3 Å². The third kappa shape index (κ3) is 4.73. The largest absolute Gasteiger partial charge is 0.249 e. The van der Waals surface area contributed by atoms with Crippen molar-refractivity contribution in [2.75, 3.05) is 0 Å². The SMILES string of the molecule is CCCCCCCCCCCCc1cccc2c1S2=O. The van der Waals surface area contributed by atoms with E-state index >= 15 is 0 Å². The van der Waals surface area contributed by atoms with E-state index in [2.05, 4.69) is 19.1 Å². The Morgan fingerprint density at radius 2 is 1.45 bits per heavy atom. The van der Waals surface area contributed by atoms with Crippen molar-refractivity contribution in [3.63, 3.8) is 0 Å². The molecule has 1 unspecified atom stereocenters. The van der Waals surface area contributed by atoms with Crippen LogP contribution >= 0.6 is 0 Å². The molecular formula is C18H28OS. The molecule has 0 saturated carbocycles. The summed E-state index contributed by atoms with van der Waals surface area (Å²) in [5.41, 5.74) is 1.33. The summed E-state index contributed by atoms with van der Waals surface area (Å²) >= 11 is 0. The molecule has 2 heteroatoms. The van der Waals surface area contributed by atoms with Crippen LogP contribution in [0.5, 0.6) is 0 Å². The van der Waals surface area contributed by atoms with Gasteiger partial charge in [0.1, 0.15) is 0 Å². The molecule has 20 heavy (non-hydrogen) atoms. The molecule has 0 bridgehead atoms. The highest BCUT2D eigenvalue weighted by molar-refractivity contribution is 7.91. The molecule has 1 aromatic rings. The highest BCUT2D eigenvalue weighted by Gasteiger charge is 2.30. The molecule has 0 aromatic heterocycles. The van der Waals surface area contributed by atoms with Gasteiger partial charge in [0.15, 0.2) is 0 Å². The standard InChI is InChI=1S/C18H28OS/c1-2-3-4-5-6-7-8-9-10-11-13-16-14-12-15-17-18(16)20(17)19/h12,14-15H,2-11,13H2,1H3. The quantitative estimate of drug-likeness (QED) is 0.387. The topological polar surface area (TPSA) is 17.1 Å². The van der Waals surface area contributed by atoms with Crippen LogP contribution in [-0.4, -0.2) is 4.21 Å². The van der Waals surface area contributed by atoms with Gasteiger partial charge in [0.2, 0.25) is 0 Å². The van der Waals surface area contributed by atoms with Crippen LogP contribution in [0.1, 0.15) is 76.7 Å². The highest BCUT2D eigenvalue weighted by atomic mass is 32.2. The molecule has 0 amide bonds. The highest BCUT2D eigenvalue weighted by Crippen LogP contribution is 2.39. The minimum Gasteiger partial charge on any atom is -0.249 e. The lowest BCUT2D eigenvalue weighted by Crippen LogP contribution is -1.86. The number of unbranched alkanes of at least 4 members (excludes halogenated alkanes) is 9. The third-order valence-corrected chi connectivity index (χ3v) is 5.59. The summed E-state index contributed by atoms with van der Waals surface area (Å²) in [7, 11) is -0.741. The Kier molecular flexibility index (Phi) is 6.78. The normalized spacial score (nSPS) is 16.1. The Hall–Kier alpha value is -0.630. The monoisotopic (exact) mass is 292 g/mol. The molecule has 1 heterocycles. The maximum atomic E-state index is 11.6. The van der Waals surface area contributed by atoms with Crippen LogP contribution in [0.15, 0.2) is 28.0 Å². The summed E-state index contributed by atoms with van der Waals surface area (Å²) in [4.78, 5) is 2.22. The van der Waals surface area contributed by atoms with Gasteiger partial charge in [-0.1, -0.05) is 76.8 Å². The van der Waals surface area contributed by atoms with Crippen LogP contribution in [0.4, 0.5) is 0 Å². The second-order valence-corrected chi connectivity index (χ2v) is 7.33. The van der Waals surface area contributed by atoms with Crippen molar-refractivity contribution >= 4 is 10.8 Å². The van der Waals surface area contributed by atoms with Gasteiger partial charge in [-0.2, -0.15) is 0 Å². The molecule has 0 radical (unpaired) electrons. The van der Waals surface area contributed by atoms with E-state index in [0.717, 1.165) is 16.2 Å². The molecule has 0 N–H and O–H groups in total. The molecule has 0 spiro atoms. The first-order chi connectivity index (χ1) is 9.84. The number of hydrogen-bond donors (Lipinski definition) is 0. The fraction of sp³-hybridized carbons (Fsp3) is 0.667. The van der Waals surface area contributed by atoms with E-state index in [9.17, 15) is 4.21 Å². The number of aryl methyl sites for hydroxylation is 1. The van der Waals surface area contributed by atoms with Crippen molar-refractivity contribution in [3.05, 3.63) is 23.8 Å². The van der Waals surface area contributed by atoms with Crippen LogP contribution in [0, 0.1) is 0 Å². The Morgan fingerprint density at radius 1 is 0.850 bits per heavy atom. The molecule has 2 rings (SSSR count).